The third kappa shape index (κ3) is 4.51. The van der Waals surface area contributed by atoms with E-state index in [0.29, 0.717) is 0 Å². The lowest BCUT2D eigenvalue weighted by Crippen LogP contribution is -2.23. The van der Waals surface area contributed by atoms with Crippen molar-refractivity contribution in [2.45, 2.75) is 4.90 Å². The Bertz CT molecular complexity index is 912. The van der Waals surface area contributed by atoms with Crippen LogP contribution in [-0.2, 0) is 14.6 Å². The molecule has 132 valence electrons. The van der Waals surface area contributed by atoms with Crippen molar-refractivity contribution in [2.75, 3.05) is 18.2 Å². The number of hydrogen-bond donors (Lipinski definition) is 1. The molecule has 0 radical (unpaired) electrons. The topological polar surface area (TPSA) is 116 Å². The minimum absolute atomic E-state index is 0.0315. The quantitative estimate of drug-likeness (QED) is 0.474. The Balaban J connectivity index is 2.21. The Kier molecular flexibility index (Phi) is 5.32. The summed E-state index contributed by atoms with van der Waals surface area (Å²) in [6.07, 6.45) is 0. The maximum atomic E-state index is 12.9. The Morgan fingerprint density at radius 2 is 1.88 bits per heavy atom. The number of hydrogen-bond acceptors (Lipinski definition) is 6. The molecular weight excluding hydrogens is 355 g/mol. The SMILES string of the molecule is COc1ccc([N+](=O)[O-])cc1NC(=O)CS(=O)(=O)c1ccc(F)cc1. The van der Waals surface area contributed by atoms with Gasteiger partial charge in [0.15, 0.2) is 9.84 Å². The van der Waals surface area contributed by atoms with Gasteiger partial charge in [0.1, 0.15) is 17.3 Å². The highest BCUT2D eigenvalue weighted by Gasteiger charge is 2.21. The predicted octanol–water partition coefficient (Wildman–Crippen LogP) is 2.15. The maximum absolute atomic E-state index is 12.9. The van der Waals surface area contributed by atoms with E-state index >= 15 is 0 Å². The number of nitro benzene ring substituents is 1. The zero-order valence-corrected chi connectivity index (χ0v) is 13.7. The van der Waals surface area contributed by atoms with Gasteiger partial charge in [0.05, 0.1) is 22.6 Å². The second-order valence-corrected chi connectivity index (χ2v) is 6.89. The van der Waals surface area contributed by atoms with Gasteiger partial charge in [0.2, 0.25) is 5.91 Å². The molecule has 2 aromatic rings. The van der Waals surface area contributed by atoms with Crippen LogP contribution in [0.25, 0.3) is 0 Å². The predicted molar refractivity (Wildman–Crippen MR) is 86.7 cm³/mol. The Hall–Kier alpha value is -3.01. The van der Waals surface area contributed by atoms with E-state index in [2.05, 4.69) is 5.32 Å². The van der Waals surface area contributed by atoms with Gasteiger partial charge in [0.25, 0.3) is 5.69 Å². The van der Waals surface area contributed by atoms with Crippen molar-refractivity contribution < 1.29 is 27.3 Å². The molecule has 0 saturated heterocycles. The van der Waals surface area contributed by atoms with Gasteiger partial charge >= 0.3 is 0 Å². The first-order chi connectivity index (χ1) is 11.7. The summed E-state index contributed by atoms with van der Waals surface area (Å²) in [6.45, 7) is 0. The average molecular weight is 368 g/mol. The van der Waals surface area contributed by atoms with Crippen molar-refractivity contribution in [2.24, 2.45) is 0 Å². The summed E-state index contributed by atoms with van der Waals surface area (Å²) in [4.78, 5) is 22.0. The van der Waals surface area contributed by atoms with Crippen LogP contribution in [0.15, 0.2) is 47.4 Å². The fourth-order valence-corrected chi connectivity index (χ4v) is 3.13. The van der Waals surface area contributed by atoms with Gasteiger partial charge in [-0.15, -0.1) is 0 Å². The lowest BCUT2D eigenvalue weighted by molar-refractivity contribution is -0.384. The number of nitrogens with one attached hydrogen (secondary N) is 1. The number of anilines is 1. The Morgan fingerprint density at radius 1 is 1.24 bits per heavy atom. The molecule has 25 heavy (non-hydrogen) atoms. The first kappa shape index (κ1) is 18.3. The molecule has 0 spiro atoms. The monoisotopic (exact) mass is 368 g/mol. The standard InChI is InChI=1S/C15H13FN2O6S/c1-24-14-7-4-11(18(20)21)8-13(14)17-15(19)9-25(22,23)12-5-2-10(16)3-6-12/h2-8H,9H2,1H3,(H,17,19). The van der Waals surface area contributed by atoms with Crippen LogP contribution in [0.1, 0.15) is 0 Å². The first-order valence-electron chi connectivity index (χ1n) is 6.83. The van der Waals surface area contributed by atoms with Crippen molar-refractivity contribution in [3.8, 4) is 5.75 Å². The molecule has 0 unspecified atom stereocenters. The van der Waals surface area contributed by atoms with Crippen LogP contribution in [0.5, 0.6) is 5.75 Å². The molecule has 0 heterocycles. The number of nitrogens with zero attached hydrogens (tertiary/aromatic N) is 1. The molecule has 0 bridgehead atoms. The number of rotatable bonds is 6. The Labute approximate surface area is 142 Å². The fraction of sp³-hybridized carbons (Fsp3) is 0.133. The molecule has 0 aromatic heterocycles. The van der Waals surface area contributed by atoms with Crippen molar-refractivity contribution in [3.63, 3.8) is 0 Å². The molecule has 1 amide bonds. The van der Waals surface area contributed by atoms with Gasteiger partial charge in [-0.05, 0) is 30.3 Å². The molecule has 0 aliphatic carbocycles. The highest BCUT2D eigenvalue weighted by atomic mass is 32.2. The maximum Gasteiger partial charge on any atom is 0.271 e. The molecular formula is C15H13FN2O6S. The van der Waals surface area contributed by atoms with Crippen LogP contribution in [0.3, 0.4) is 0 Å². The number of amides is 1. The van der Waals surface area contributed by atoms with E-state index in [9.17, 15) is 27.7 Å². The summed E-state index contributed by atoms with van der Waals surface area (Å²) in [7, 11) is -2.70. The molecule has 1 N–H and O–H groups in total. The molecule has 2 aromatic carbocycles. The van der Waals surface area contributed by atoms with Crippen LogP contribution >= 0.6 is 0 Å². The van der Waals surface area contributed by atoms with E-state index in [4.69, 9.17) is 4.74 Å². The molecule has 0 aliphatic rings. The van der Waals surface area contributed by atoms with E-state index in [1.165, 1.54) is 19.2 Å². The van der Waals surface area contributed by atoms with Gasteiger partial charge in [-0.2, -0.15) is 0 Å². The van der Waals surface area contributed by atoms with Gasteiger partial charge < -0.3 is 10.1 Å². The smallest absolute Gasteiger partial charge is 0.271 e. The van der Waals surface area contributed by atoms with Crippen LogP contribution in [-0.4, -0.2) is 32.1 Å². The third-order valence-corrected chi connectivity index (χ3v) is 4.79. The minimum Gasteiger partial charge on any atom is -0.495 e. The number of carbonyl (C=O) groups excluding carboxylic acids is 1. The van der Waals surface area contributed by atoms with E-state index < -0.39 is 32.2 Å². The molecule has 2 rings (SSSR count). The van der Waals surface area contributed by atoms with E-state index in [-0.39, 0.29) is 22.0 Å². The van der Waals surface area contributed by atoms with Crippen molar-refractivity contribution >= 4 is 27.1 Å². The second-order valence-electron chi connectivity index (χ2n) is 4.90. The van der Waals surface area contributed by atoms with Gasteiger partial charge in [0, 0.05) is 12.1 Å². The van der Waals surface area contributed by atoms with Crippen LogP contribution in [0.2, 0.25) is 0 Å². The van der Waals surface area contributed by atoms with Gasteiger partial charge in [-0.25, -0.2) is 12.8 Å². The third-order valence-electron chi connectivity index (χ3n) is 3.16. The molecule has 10 heteroatoms. The van der Waals surface area contributed by atoms with Crippen molar-refractivity contribution in [3.05, 3.63) is 58.4 Å². The first-order valence-corrected chi connectivity index (χ1v) is 8.49. The zero-order valence-electron chi connectivity index (χ0n) is 12.9. The summed E-state index contributed by atoms with van der Waals surface area (Å²) in [6, 6.07) is 7.55. The zero-order chi connectivity index (χ0) is 18.6. The summed E-state index contributed by atoms with van der Waals surface area (Å²) in [5.41, 5.74) is -0.325. The number of carbonyl (C=O) groups is 1. The number of sulfone groups is 1. The van der Waals surface area contributed by atoms with E-state index in [1.54, 1.807) is 0 Å². The second kappa shape index (κ2) is 7.26. The number of halogens is 1. The van der Waals surface area contributed by atoms with Crippen LogP contribution in [0.4, 0.5) is 15.8 Å². The summed E-state index contributed by atoms with van der Waals surface area (Å²) < 4.78 is 42.2. The van der Waals surface area contributed by atoms with Gasteiger partial charge in [-0.1, -0.05) is 0 Å². The Morgan fingerprint density at radius 3 is 2.44 bits per heavy atom. The molecule has 0 aliphatic heterocycles. The number of methoxy groups -OCH3 is 1. The highest BCUT2D eigenvalue weighted by Crippen LogP contribution is 2.29. The number of ether oxygens (including phenoxy) is 1. The van der Waals surface area contributed by atoms with Gasteiger partial charge in [-0.3, -0.25) is 14.9 Å². The van der Waals surface area contributed by atoms with Crippen LogP contribution in [0, 0.1) is 15.9 Å². The average Bonchev–Trinajstić information content (AvgIpc) is 2.54. The minimum atomic E-state index is -4.00. The lowest BCUT2D eigenvalue weighted by atomic mass is 10.2. The lowest BCUT2D eigenvalue weighted by Gasteiger charge is -2.10. The molecule has 8 nitrogen and oxygen atoms in total. The van der Waals surface area contributed by atoms with E-state index in [1.807, 2.05) is 0 Å². The van der Waals surface area contributed by atoms with Crippen molar-refractivity contribution in [1.29, 1.82) is 0 Å². The van der Waals surface area contributed by atoms with E-state index in [0.717, 1.165) is 30.3 Å². The largest absolute Gasteiger partial charge is 0.495 e. The van der Waals surface area contributed by atoms with Crippen molar-refractivity contribution in [1.82, 2.24) is 0 Å². The number of benzene rings is 2. The summed E-state index contributed by atoms with van der Waals surface area (Å²) in [5.74, 6) is -2.30. The number of non-ortho nitro benzene ring substituents is 1. The molecule has 0 fully saturated rings. The molecule has 0 saturated carbocycles. The normalized spacial score (nSPS) is 11.0. The fourth-order valence-electron chi connectivity index (χ4n) is 1.99. The summed E-state index contributed by atoms with van der Waals surface area (Å²) >= 11 is 0. The molecule has 0 atom stereocenters. The summed E-state index contributed by atoms with van der Waals surface area (Å²) in [5, 5.41) is 13.1. The van der Waals surface area contributed by atoms with Crippen LogP contribution < -0.4 is 10.1 Å². The highest BCUT2D eigenvalue weighted by molar-refractivity contribution is 7.92. The number of nitro groups is 1.